The molecule has 0 aromatic rings. The molecule has 1 aliphatic heterocycles. The monoisotopic (exact) mass is 229 g/mol. The summed E-state index contributed by atoms with van der Waals surface area (Å²) in [7, 11) is 0. The van der Waals surface area contributed by atoms with E-state index < -0.39 is 12.0 Å². The summed E-state index contributed by atoms with van der Waals surface area (Å²) in [5, 5.41) is 8.62. The van der Waals surface area contributed by atoms with Gasteiger partial charge in [0, 0.05) is 26.2 Å². The number of rotatable bonds is 4. The SMILES string of the molecule is CC[C@@H](N)C(=O)N1CCN(CC(=O)O)CC1. The molecule has 0 aliphatic carbocycles. The molecular weight excluding hydrogens is 210 g/mol. The van der Waals surface area contributed by atoms with Crippen LogP contribution in [0.5, 0.6) is 0 Å². The van der Waals surface area contributed by atoms with Gasteiger partial charge in [0.1, 0.15) is 0 Å². The van der Waals surface area contributed by atoms with E-state index in [0.29, 0.717) is 32.6 Å². The van der Waals surface area contributed by atoms with Crippen LogP contribution in [-0.2, 0) is 9.59 Å². The molecule has 1 aliphatic rings. The molecule has 1 fully saturated rings. The number of piperazine rings is 1. The van der Waals surface area contributed by atoms with Gasteiger partial charge in [0.15, 0.2) is 0 Å². The van der Waals surface area contributed by atoms with Crippen molar-refractivity contribution in [1.29, 1.82) is 0 Å². The number of nitrogens with zero attached hydrogens (tertiary/aromatic N) is 2. The van der Waals surface area contributed by atoms with Gasteiger partial charge in [-0.15, -0.1) is 0 Å². The Kier molecular flexibility index (Phi) is 4.70. The molecule has 0 spiro atoms. The number of carbonyl (C=O) groups excluding carboxylic acids is 1. The van der Waals surface area contributed by atoms with Crippen molar-refractivity contribution in [3.8, 4) is 0 Å². The number of carbonyl (C=O) groups is 2. The summed E-state index contributed by atoms with van der Waals surface area (Å²) in [5.74, 6) is -0.859. The first-order valence-electron chi connectivity index (χ1n) is 5.53. The second-order valence-corrected chi connectivity index (χ2v) is 4.01. The molecule has 6 nitrogen and oxygen atoms in total. The van der Waals surface area contributed by atoms with Crippen molar-refractivity contribution in [2.24, 2.45) is 5.73 Å². The summed E-state index contributed by atoms with van der Waals surface area (Å²) < 4.78 is 0. The van der Waals surface area contributed by atoms with E-state index in [9.17, 15) is 9.59 Å². The van der Waals surface area contributed by atoms with Crippen molar-refractivity contribution in [1.82, 2.24) is 9.80 Å². The molecule has 0 radical (unpaired) electrons. The molecule has 0 aromatic carbocycles. The fourth-order valence-electron chi connectivity index (χ4n) is 1.73. The number of carboxylic acids is 1. The largest absolute Gasteiger partial charge is 0.480 e. The Bertz CT molecular complexity index is 262. The number of hydrogen-bond acceptors (Lipinski definition) is 4. The molecule has 1 heterocycles. The topological polar surface area (TPSA) is 86.9 Å². The number of carboxylic acid groups (broad SMARTS) is 1. The van der Waals surface area contributed by atoms with Gasteiger partial charge in [-0.3, -0.25) is 14.5 Å². The lowest BCUT2D eigenvalue weighted by molar-refractivity contribution is -0.139. The fourth-order valence-corrected chi connectivity index (χ4v) is 1.73. The van der Waals surface area contributed by atoms with E-state index in [1.807, 2.05) is 11.8 Å². The molecule has 16 heavy (non-hydrogen) atoms. The van der Waals surface area contributed by atoms with Gasteiger partial charge in [-0.1, -0.05) is 6.92 Å². The van der Waals surface area contributed by atoms with Gasteiger partial charge < -0.3 is 15.7 Å². The Labute approximate surface area is 95.0 Å². The third kappa shape index (κ3) is 3.46. The van der Waals surface area contributed by atoms with Crippen LogP contribution in [0.2, 0.25) is 0 Å². The molecule has 3 N–H and O–H groups in total. The molecular formula is C10H19N3O3. The lowest BCUT2D eigenvalue weighted by Crippen LogP contribution is -2.53. The third-order valence-electron chi connectivity index (χ3n) is 2.80. The van der Waals surface area contributed by atoms with Gasteiger partial charge >= 0.3 is 5.97 Å². The quantitative estimate of drug-likeness (QED) is 0.642. The van der Waals surface area contributed by atoms with E-state index in [1.165, 1.54) is 0 Å². The van der Waals surface area contributed by atoms with Gasteiger partial charge in [-0.05, 0) is 6.42 Å². The van der Waals surface area contributed by atoms with E-state index in [2.05, 4.69) is 0 Å². The lowest BCUT2D eigenvalue weighted by Gasteiger charge is -2.34. The van der Waals surface area contributed by atoms with Gasteiger partial charge in [-0.2, -0.15) is 0 Å². The number of nitrogens with two attached hydrogens (primary N) is 1. The Hall–Kier alpha value is -1.14. The molecule has 0 aromatic heterocycles. The molecule has 1 amide bonds. The average molecular weight is 229 g/mol. The third-order valence-corrected chi connectivity index (χ3v) is 2.80. The summed E-state index contributed by atoms with van der Waals surface area (Å²) >= 11 is 0. The summed E-state index contributed by atoms with van der Waals surface area (Å²) in [4.78, 5) is 25.8. The molecule has 1 rings (SSSR count). The van der Waals surface area contributed by atoms with Crippen LogP contribution in [0, 0.1) is 0 Å². The van der Waals surface area contributed by atoms with Gasteiger partial charge in [0.05, 0.1) is 12.6 Å². The lowest BCUT2D eigenvalue weighted by atomic mass is 10.2. The maximum atomic E-state index is 11.7. The normalized spacial score (nSPS) is 19.5. The zero-order chi connectivity index (χ0) is 12.1. The zero-order valence-electron chi connectivity index (χ0n) is 9.56. The zero-order valence-corrected chi connectivity index (χ0v) is 9.56. The highest BCUT2D eigenvalue weighted by Crippen LogP contribution is 2.04. The Morgan fingerprint density at radius 2 is 1.88 bits per heavy atom. The van der Waals surface area contributed by atoms with Crippen LogP contribution in [0.15, 0.2) is 0 Å². The van der Waals surface area contributed by atoms with E-state index in [4.69, 9.17) is 10.8 Å². The summed E-state index contributed by atoms with van der Waals surface area (Å²) in [6, 6.07) is -0.425. The van der Waals surface area contributed by atoms with Crippen LogP contribution in [0.25, 0.3) is 0 Å². The Balaban J connectivity index is 2.37. The van der Waals surface area contributed by atoms with Crippen LogP contribution in [-0.4, -0.2) is 65.5 Å². The standard InChI is InChI=1S/C10H19N3O3/c1-2-8(11)10(16)13-5-3-12(4-6-13)7-9(14)15/h8H,2-7,11H2,1H3,(H,14,15)/t8-/m1/s1. The van der Waals surface area contributed by atoms with Gasteiger partial charge in [0.25, 0.3) is 0 Å². The maximum absolute atomic E-state index is 11.7. The number of hydrogen-bond donors (Lipinski definition) is 2. The van der Waals surface area contributed by atoms with Crippen molar-refractivity contribution < 1.29 is 14.7 Å². The highest BCUT2D eigenvalue weighted by Gasteiger charge is 2.24. The summed E-state index contributed by atoms with van der Waals surface area (Å²) in [6.07, 6.45) is 0.633. The minimum atomic E-state index is -0.829. The molecule has 1 atom stereocenters. The first kappa shape index (κ1) is 12.9. The molecule has 92 valence electrons. The van der Waals surface area contributed by atoms with Gasteiger partial charge in [-0.25, -0.2) is 0 Å². The van der Waals surface area contributed by atoms with E-state index in [1.54, 1.807) is 4.90 Å². The van der Waals surface area contributed by atoms with Crippen LogP contribution in [0.1, 0.15) is 13.3 Å². The van der Waals surface area contributed by atoms with Crippen LogP contribution in [0.4, 0.5) is 0 Å². The van der Waals surface area contributed by atoms with E-state index in [0.717, 1.165) is 0 Å². The van der Waals surface area contributed by atoms with Crippen molar-refractivity contribution in [2.45, 2.75) is 19.4 Å². The summed E-state index contributed by atoms with van der Waals surface area (Å²) in [5.41, 5.74) is 5.66. The molecule has 1 saturated heterocycles. The number of aliphatic carboxylic acids is 1. The average Bonchev–Trinajstić information content (AvgIpc) is 2.27. The van der Waals surface area contributed by atoms with Crippen molar-refractivity contribution in [3.63, 3.8) is 0 Å². The minimum absolute atomic E-state index is 0.0301. The van der Waals surface area contributed by atoms with Crippen molar-refractivity contribution >= 4 is 11.9 Å². The fraction of sp³-hybridized carbons (Fsp3) is 0.800. The van der Waals surface area contributed by atoms with Gasteiger partial charge in [0.2, 0.25) is 5.91 Å². The summed E-state index contributed by atoms with van der Waals surface area (Å²) in [6.45, 7) is 4.27. The Morgan fingerprint density at radius 3 is 2.31 bits per heavy atom. The molecule has 0 bridgehead atoms. The van der Waals surface area contributed by atoms with E-state index in [-0.39, 0.29) is 12.5 Å². The van der Waals surface area contributed by atoms with E-state index >= 15 is 0 Å². The predicted molar refractivity (Wildman–Crippen MR) is 58.9 cm³/mol. The highest BCUT2D eigenvalue weighted by molar-refractivity contribution is 5.81. The molecule has 0 saturated carbocycles. The Morgan fingerprint density at radius 1 is 1.31 bits per heavy atom. The van der Waals surface area contributed by atoms with Crippen LogP contribution >= 0.6 is 0 Å². The first-order chi connectivity index (χ1) is 7.54. The van der Waals surface area contributed by atoms with Crippen LogP contribution < -0.4 is 5.73 Å². The second kappa shape index (κ2) is 5.81. The second-order valence-electron chi connectivity index (χ2n) is 4.01. The van der Waals surface area contributed by atoms with Crippen molar-refractivity contribution in [3.05, 3.63) is 0 Å². The molecule has 6 heteroatoms. The first-order valence-corrected chi connectivity index (χ1v) is 5.53. The van der Waals surface area contributed by atoms with Crippen LogP contribution in [0.3, 0.4) is 0 Å². The number of amides is 1. The smallest absolute Gasteiger partial charge is 0.317 e. The minimum Gasteiger partial charge on any atom is -0.480 e. The molecule has 0 unspecified atom stereocenters. The highest BCUT2D eigenvalue weighted by atomic mass is 16.4. The predicted octanol–water partition coefficient (Wildman–Crippen LogP) is -1.05. The van der Waals surface area contributed by atoms with Crippen molar-refractivity contribution in [2.75, 3.05) is 32.7 Å². The maximum Gasteiger partial charge on any atom is 0.317 e.